The molecule has 0 aliphatic rings. The number of halogens is 1. The molecule has 2 rings (SSSR count). The number of nitrogens with one attached hydrogen (secondary N) is 1. The maximum absolute atomic E-state index is 11.1. The maximum Gasteiger partial charge on any atom is 0.325 e. The molecule has 0 aliphatic heterocycles. The minimum Gasteiger partial charge on any atom is -0.480 e. The third-order valence-corrected chi connectivity index (χ3v) is 3.08. The predicted octanol–water partition coefficient (Wildman–Crippen LogP) is 2.68. The molecule has 8 heteroatoms. The second-order valence-corrected chi connectivity index (χ2v) is 4.52. The number of nitro groups is 1. The van der Waals surface area contributed by atoms with Gasteiger partial charge in [0.15, 0.2) is 0 Å². The molecule has 1 aromatic carbocycles. The summed E-state index contributed by atoms with van der Waals surface area (Å²) in [4.78, 5) is 25.4. The highest BCUT2D eigenvalue weighted by Crippen LogP contribution is 2.35. The van der Waals surface area contributed by atoms with Gasteiger partial charge in [0.25, 0.3) is 5.69 Å². The number of nitrogens with zero attached hydrogens (tertiary/aromatic N) is 2. The molecule has 0 radical (unpaired) electrons. The summed E-state index contributed by atoms with van der Waals surface area (Å²) in [5, 5.41) is 23.4. The normalized spacial score (nSPS) is 12.1. The van der Waals surface area contributed by atoms with Crippen molar-refractivity contribution in [3.63, 3.8) is 0 Å². The van der Waals surface area contributed by atoms with Crippen LogP contribution in [0.15, 0.2) is 24.4 Å². The Morgan fingerprint density at radius 1 is 1.45 bits per heavy atom. The second kappa shape index (κ2) is 5.30. The molecular formula is C12H10ClN3O4. The van der Waals surface area contributed by atoms with Crippen LogP contribution in [0.25, 0.3) is 10.8 Å². The Bertz CT molecular complexity index is 704. The van der Waals surface area contributed by atoms with Gasteiger partial charge in [0.1, 0.15) is 16.9 Å². The number of aliphatic carboxylic acids is 1. The molecule has 7 nitrogen and oxygen atoms in total. The first-order chi connectivity index (χ1) is 9.41. The van der Waals surface area contributed by atoms with E-state index < -0.39 is 16.9 Å². The van der Waals surface area contributed by atoms with Crippen molar-refractivity contribution in [1.82, 2.24) is 4.98 Å². The quantitative estimate of drug-likeness (QED) is 0.663. The SMILES string of the molecule is CC(Nc1nccc2c([N+](=O)[O-])c(Cl)ccc12)C(=O)O. The minimum atomic E-state index is -1.05. The van der Waals surface area contributed by atoms with Gasteiger partial charge in [0.05, 0.1) is 10.3 Å². The highest BCUT2D eigenvalue weighted by atomic mass is 35.5. The number of nitro benzene ring substituents is 1. The van der Waals surface area contributed by atoms with Crippen molar-refractivity contribution in [2.75, 3.05) is 5.32 Å². The molecular weight excluding hydrogens is 286 g/mol. The Labute approximate surface area is 118 Å². The molecule has 0 fully saturated rings. The van der Waals surface area contributed by atoms with Crippen LogP contribution in [0.3, 0.4) is 0 Å². The number of carboxylic acid groups (broad SMARTS) is 1. The van der Waals surface area contributed by atoms with E-state index in [1.165, 1.54) is 25.3 Å². The summed E-state index contributed by atoms with van der Waals surface area (Å²) in [6, 6.07) is 3.55. The molecule has 1 atom stereocenters. The number of aromatic nitrogens is 1. The average Bonchev–Trinajstić information content (AvgIpc) is 2.37. The molecule has 2 aromatic rings. The Hall–Kier alpha value is -2.41. The third-order valence-electron chi connectivity index (χ3n) is 2.77. The smallest absolute Gasteiger partial charge is 0.325 e. The number of pyridine rings is 1. The van der Waals surface area contributed by atoms with Gasteiger partial charge in [-0.2, -0.15) is 0 Å². The molecule has 0 saturated carbocycles. The van der Waals surface area contributed by atoms with E-state index in [0.717, 1.165) is 0 Å². The van der Waals surface area contributed by atoms with Crippen LogP contribution in [0.2, 0.25) is 5.02 Å². The number of anilines is 1. The molecule has 104 valence electrons. The molecule has 0 amide bonds. The zero-order chi connectivity index (χ0) is 14.9. The van der Waals surface area contributed by atoms with Gasteiger partial charge < -0.3 is 10.4 Å². The summed E-state index contributed by atoms with van der Waals surface area (Å²) in [6.45, 7) is 1.45. The average molecular weight is 296 g/mol. The molecule has 2 N–H and O–H groups in total. The van der Waals surface area contributed by atoms with Crippen molar-refractivity contribution in [3.8, 4) is 0 Å². The van der Waals surface area contributed by atoms with E-state index in [1.54, 1.807) is 6.07 Å². The molecule has 0 saturated heterocycles. The first-order valence-electron chi connectivity index (χ1n) is 5.62. The van der Waals surface area contributed by atoms with Crippen LogP contribution in [-0.2, 0) is 4.79 Å². The lowest BCUT2D eigenvalue weighted by atomic mass is 10.1. The largest absolute Gasteiger partial charge is 0.480 e. The first kappa shape index (κ1) is 14.0. The van der Waals surface area contributed by atoms with Crippen LogP contribution in [0.1, 0.15) is 6.92 Å². The zero-order valence-electron chi connectivity index (χ0n) is 10.3. The minimum absolute atomic E-state index is 0.0194. The number of benzene rings is 1. The Morgan fingerprint density at radius 2 is 2.15 bits per heavy atom. The zero-order valence-corrected chi connectivity index (χ0v) is 11.1. The van der Waals surface area contributed by atoms with E-state index in [9.17, 15) is 14.9 Å². The number of carbonyl (C=O) groups is 1. The van der Waals surface area contributed by atoms with Crippen molar-refractivity contribution in [2.24, 2.45) is 0 Å². The number of carboxylic acids is 1. The van der Waals surface area contributed by atoms with Crippen LogP contribution < -0.4 is 5.32 Å². The number of rotatable bonds is 4. The monoisotopic (exact) mass is 295 g/mol. The fourth-order valence-electron chi connectivity index (χ4n) is 1.78. The van der Waals surface area contributed by atoms with Crippen molar-refractivity contribution in [1.29, 1.82) is 0 Å². The van der Waals surface area contributed by atoms with Gasteiger partial charge in [0.2, 0.25) is 0 Å². The van der Waals surface area contributed by atoms with Gasteiger partial charge in [0, 0.05) is 11.6 Å². The van der Waals surface area contributed by atoms with Crippen molar-refractivity contribution in [3.05, 3.63) is 39.5 Å². The van der Waals surface area contributed by atoms with Crippen LogP contribution in [0.4, 0.5) is 11.5 Å². The highest BCUT2D eigenvalue weighted by molar-refractivity contribution is 6.34. The van der Waals surface area contributed by atoms with Crippen molar-refractivity contribution >= 4 is 39.8 Å². The van der Waals surface area contributed by atoms with Gasteiger partial charge in [-0.3, -0.25) is 14.9 Å². The van der Waals surface area contributed by atoms with Crippen molar-refractivity contribution < 1.29 is 14.8 Å². The number of fused-ring (bicyclic) bond motifs is 1. The Morgan fingerprint density at radius 3 is 2.75 bits per heavy atom. The summed E-state index contributed by atoms with van der Waals surface area (Å²) >= 11 is 5.83. The van der Waals surface area contributed by atoms with Gasteiger partial charge in [-0.1, -0.05) is 11.6 Å². The van der Waals surface area contributed by atoms with E-state index in [0.29, 0.717) is 10.8 Å². The van der Waals surface area contributed by atoms with Crippen LogP contribution in [0.5, 0.6) is 0 Å². The molecule has 0 aliphatic carbocycles. The van der Waals surface area contributed by atoms with Crippen LogP contribution in [0, 0.1) is 10.1 Å². The van der Waals surface area contributed by atoms with Crippen LogP contribution in [-0.4, -0.2) is 27.0 Å². The van der Waals surface area contributed by atoms with Crippen molar-refractivity contribution in [2.45, 2.75) is 13.0 Å². The Balaban J connectivity index is 2.62. The molecule has 1 unspecified atom stereocenters. The summed E-state index contributed by atoms with van der Waals surface area (Å²) in [6.07, 6.45) is 1.36. The van der Waals surface area contributed by atoms with E-state index in [-0.39, 0.29) is 16.5 Å². The Kier molecular flexibility index (Phi) is 3.71. The first-order valence-corrected chi connectivity index (χ1v) is 6.00. The molecule has 1 heterocycles. The molecule has 20 heavy (non-hydrogen) atoms. The van der Waals surface area contributed by atoms with E-state index in [4.69, 9.17) is 16.7 Å². The summed E-state index contributed by atoms with van der Waals surface area (Å²) in [5.41, 5.74) is -0.224. The lowest BCUT2D eigenvalue weighted by Gasteiger charge is -2.12. The predicted molar refractivity (Wildman–Crippen MR) is 74.1 cm³/mol. The highest BCUT2D eigenvalue weighted by Gasteiger charge is 2.20. The lowest BCUT2D eigenvalue weighted by Crippen LogP contribution is -2.25. The fraction of sp³-hybridized carbons (Fsp3) is 0.167. The molecule has 0 spiro atoms. The standard InChI is InChI=1S/C12H10ClN3O4/c1-6(12(17)18)15-11-8-2-3-9(13)10(16(19)20)7(8)4-5-14-11/h2-6H,1H3,(H,14,15)(H,17,18). The summed E-state index contributed by atoms with van der Waals surface area (Å²) < 4.78 is 0. The maximum atomic E-state index is 11.1. The summed E-state index contributed by atoms with van der Waals surface area (Å²) in [5.74, 6) is -0.788. The number of hydrogen-bond donors (Lipinski definition) is 2. The van der Waals surface area contributed by atoms with E-state index in [1.807, 2.05) is 0 Å². The van der Waals surface area contributed by atoms with E-state index >= 15 is 0 Å². The van der Waals surface area contributed by atoms with Gasteiger partial charge in [-0.25, -0.2) is 4.98 Å². The van der Waals surface area contributed by atoms with Gasteiger partial charge in [-0.05, 0) is 25.1 Å². The van der Waals surface area contributed by atoms with Gasteiger partial charge >= 0.3 is 5.97 Å². The lowest BCUT2D eigenvalue weighted by molar-refractivity contribution is -0.382. The third kappa shape index (κ3) is 2.48. The molecule has 1 aromatic heterocycles. The van der Waals surface area contributed by atoms with Gasteiger partial charge in [-0.15, -0.1) is 0 Å². The van der Waals surface area contributed by atoms with Crippen LogP contribution >= 0.6 is 11.6 Å². The molecule has 0 bridgehead atoms. The second-order valence-electron chi connectivity index (χ2n) is 4.11. The topological polar surface area (TPSA) is 105 Å². The van der Waals surface area contributed by atoms with E-state index in [2.05, 4.69) is 10.3 Å². The number of hydrogen-bond acceptors (Lipinski definition) is 5. The fourth-order valence-corrected chi connectivity index (χ4v) is 2.01. The summed E-state index contributed by atoms with van der Waals surface area (Å²) in [7, 11) is 0.